The Morgan fingerprint density at radius 3 is 2.91 bits per heavy atom. The summed E-state index contributed by atoms with van der Waals surface area (Å²) in [5.74, 6) is 0. The van der Waals surface area contributed by atoms with Crippen molar-refractivity contribution < 1.29 is 0 Å². The number of aromatic nitrogens is 1. The number of nitrogens with two attached hydrogens (primary N) is 1. The lowest BCUT2D eigenvalue weighted by Gasteiger charge is -1.98. The summed E-state index contributed by atoms with van der Waals surface area (Å²) in [6.45, 7) is 4.15. The maximum atomic E-state index is 5.64. The van der Waals surface area contributed by atoms with E-state index in [0.29, 0.717) is 0 Å². The smallest absolute Gasteiger partial charge is 0.0942 e. The molecule has 0 bridgehead atoms. The molecule has 3 heteroatoms. The monoisotopic (exact) mass is 170 g/mol. The van der Waals surface area contributed by atoms with Gasteiger partial charge in [-0.25, -0.2) is 4.98 Å². The van der Waals surface area contributed by atoms with E-state index >= 15 is 0 Å². The van der Waals surface area contributed by atoms with Gasteiger partial charge in [0.15, 0.2) is 0 Å². The lowest BCUT2D eigenvalue weighted by Crippen LogP contribution is -2.17. The van der Waals surface area contributed by atoms with Gasteiger partial charge in [0, 0.05) is 23.5 Å². The van der Waals surface area contributed by atoms with Crippen LogP contribution in [0.15, 0.2) is 6.20 Å². The summed E-state index contributed by atoms with van der Waals surface area (Å²) < 4.78 is 0. The van der Waals surface area contributed by atoms with E-state index in [9.17, 15) is 0 Å². The molecule has 0 radical (unpaired) electrons. The van der Waals surface area contributed by atoms with Crippen LogP contribution in [0, 0.1) is 0 Å². The van der Waals surface area contributed by atoms with Gasteiger partial charge >= 0.3 is 0 Å². The van der Waals surface area contributed by atoms with Crippen molar-refractivity contribution in [1.82, 2.24) is 4.98 Å². The largest absolute Gasteiger partial charge is 0.328 e. The van der Waals surface area contributed by atoms with Crippen LogP contribution in [0.2, 0.25) is 0 Å². The van der Waals surface area contributed by atoms with E-state index in [1.54, 1.807) is 11.3 Å². The van der Waals surface area contributed by atoms with E-state index in [2.05, 4.69) is 11.9 Å². The molecule has 0 saturated carbocycles. The highest BCUT2D eigenvalue weighted by Crippen LogP contribution is 2.14. The Kier molecular flexibility index (Phi) is 3.02. The molecule has 1 aromatic heterocycles. The Morgan fingerprint density at radius 2 is 2.45 bits per heavy atom. The lowest BCUT2D eigenvalue weighted by atomic mass is 10.3. The fraction of sp³-hybridized carbons (Fsp3) is 0.625. The summed E-state index contributed by atoms with van der Waals surface area (Å²) >= 11 is 1.77. The molecule has 0 fully saturated rings. The maximum Gasteiger partial charge on any atom is 0.0942 e. The molecule has 1 unspecified atom stereocenters. The van der Waals surface area contributed by atoms with Gasteiger partial charge in [-0.3, -0.25) is 0 Å². The van der Waals surface area contributed by atoms with Crippen molar-refractivity contribution in [2.75, 3.05) is 0 Å². The Morgan fingerprint density at radius 1 is 1.73 bits per heavy atom. The van der Waals surface area contributed by atoms with Gasteiger partial charge in [-0.05, 0) is 13.3 Å². The van der Waals surface area contributed by atoms with Gasteiger partial charge in [0.25, 0.3) is 0 Å². The molecular weight excluding hydrogens is 156 g/mol. The molecule has 1 atom stereocenters. The Labute approximate surface area is 71.5 Å². The number of hydrogen-bond acceptors (Lipinski definition) is 3. The predicted molar refractivity (Wildman–Crippen MR) is 48.8 cm³/mol. The SMILES string of the molecule is CCc1cnc(CC(C)N)s1. The zero-order valence-corrected chi connectivity index (χ0v) is 7.82. The van der Waals surface area contributed by atoms with Gasteiger partial charge in [-0.15, -0.1) is 11.3 Å². The second-order valence-corrected chi connectivity index (χ2v) is 3.96. The van der Waals surface area contributed by atoms with Crippen LogP contribution in [0.1, 0.15) is 23.7 Å². The van der Waals surface area contributed by atoms with Crippen molar-refractivity contribution in [1.29, 1.82) is 0 Å². The molecule has 2 N–H and O–H groups in total. The summed E-state index contributed by atoms with van der Waals surface area (Å²) in [6, 6.07) is 0.228. The van der Waals surface area contributed by atoms with Gasteiger partial charge in [0.2, 0.25) is 0 Å². The minimum absolute atomic E-state index is 0.228. The molecule has 0 aliphatic carbocycles. The van der Waals surface area contributed by atoms with Crippen LogP contribution < -0.4 is 5.73 Å². The fourth-order valence-corrected chi connectivity index (χ4v) is 1.89. The highest BCUT2D eigenvalue weighted by Gasteiger charge is 2.02. The van der Waals surface area contributed by atoms with Gasteiger partial charge in [0.05, 0.1) is 5.01 Å². The first kappa shape index (κ1) is 8.68. The van der Waals surface area contributed by atoms with Gasteiger partial charge < -0.3 is 5.73 Å². The van der Waals surface area contributed by atoms with E-state index in [1.165, 1.54) is 4.88 Å². The Hall–Kier alpha value is -0.410. The zero-order valence-electron chi connectivity index (χ0n) is 7.00. The van der Waals surface area contributed by atoms with Crippen molar-refractivity contribution in [3.05, 3.63) is 16.1 Å². The zero-order chi connectivity index (χ0) is 8.27. The number of aryl methyl sites for hydroxylation is 1. The summed E-state index contributed by atoms with van der Waals surface area (Å²) in [4.78, 5) is 5.61. The summed E-state index contributed by atoms with van der Waals surface area (Å²) in [6.07, 6.45) is 3.93. The first-order valence-electron chi connectivity index (χ1n) is 3.91. The van der Waals surface area contributed by atoms with Crippen LogP contribution in [-0.4, -0.2) is 11.0 Å². The third kappa shape index (κ3) is 2.60. The predicted octanol–water partition coefficient (Wildman–Crippen LogP) is 1.60. The lowest BCUT2D eigenvalue weighted by molar-refractivity contribution is 0.734. The van der Waals surface area contributed by atoms with Crippen molar-refractivity contribution in [3.8, 4) is 0 Å². The number of rotatable bonds is 3. The first-order chi connectivity index (χ1) is 5.22. The van der Waals surface area contributed by atoms with Crippen LogP contribution in [-0.2, 0) is 12.8 Å². The molecule has 1 aromatic rings. The molecule has 11 heavy (non-hydrogen) atoms. The van der Waals surface area contributed by atoms with Crippen molar-refractivity contribution in [2.24, 2.45) is 5.73 Å². The quantitative estimate of drug-likeness (QED) is 0.748. The van der Waals surface area contributed by atoms with Crippen molar-refractivity contribution >= 4 is 11.3 Å². The van der Waals surface area contributed by atoms with Gasteiger partial charge in [-0.1, -0.05) is 6.92 Å². The van der Waals surface area contributed by atoms with Crippen LogP contribution in [0.3, 0.4) is 0 Å². The van der Waals surface area contributed by atoms with Crippen LogP contribution in [0.5, 0.6) is 0 Å². The van der Waals surface area contributed by atoms with E-state index < -0.39 is 0 Å². The fourth-order valence-electron chi connectivity index (χ4n) is 0.881. The molecule has 1 heterocycles. The average molecular weight is 170 g/mol. The summed E-state index contributed by atoms with van der Waals surface area (Å²) in [5, 5.41) is 1.16. The van der Waals surface area contributed by atoms with E-state index in [-0.39, 0.29) is 6.04 Å². The topological polar surface area (TPSA) is 38.9 Å². The molecule has 0 aliphatic rings. The first-order valence-corrected chi connectivity index (χ1v) is 4.73. The molecule has 0 spiro atoms. The van der Waals surface area contributed by atoms with Crippen LogP contribution >= 0.6 is 11.3 Å². The summed E-state index contributed by atoms with van der Waals surface area (Å²) in [7, 11) is 0. The van der Waals surface area contributed by atoms with E-state index in [4.69, 9.17) is 5.73 Å². The van der Waals surface area contributed by atoms with Gasteiger partial charge in [0.1, 0.15) is 0 Å². The number of hydrogen-bond donors (Lipinski definition) is 1. The molecule has 1 rings (SSSR count). The minimum atomic E-state index is 0.228. The standard InChI is InChI=1S/C8H14N2S/c1-3-7-5-10-8(11-7)4-6(2)9/h5-6H,3-4,9H2,1-2H3. The molecule has 0 saturated heterocycles. The molecule has 2 nitrogen and oxygen atoms in total. The van der Waals surface area contributed by atoms with Crippen molar-refractivity contribution in [3.63, 3.8) is 0 Å². The average Bonchev–Trinajstić information content (AvgIpc) is 2.34. The Bertz CT molecular complexity index is 218. The highest BCUT2D eigenvalue weighted by molar-refractivity contribution is 7.11. The number of thiazole rings is 1. The van der Waals surface area contributed by atoms with E-state index in [0.717, 1.165) is 17.8 Å². The molecular formula is C8H14N2S. The van der Waals surface area contributed by atoms with E-state index in [1.807, 2.05) is 13.1 Å². The molecule has 0 amide bonds. The Balaban J connectivity index is 2.58. The minimum Gasteiger partial charge on any atom is -0.328 e. The molecule has 0 aromatic carbocycles. The molecule has 62 valence electrons. The molecule has 0 aliphatic heterocycles. The van der Waals surface area contributed by atoms with Crippen molar-refractivity contribution in [2.45, 2.75) is 32.7 Å². The third-order valence-electron chi connectivity index (χ3n) is 1.45. The summed E-state index contributed by atoms with van der Waals surface area (Å²) in [5.41, 5.74) is 5.64. The van der Waals surface area contributed by atoms with Crippen LogP contribution in [0.4, 0.5) is 0 Å². The third-order valence-corrected chi connectivity index (χ3v) is 2.61. The number of nitrogens with zero attached hydrogens (tertiary/aromatic N) is 1. The highest BCUT2D eigenvalue weighted by atomic mass is 32.1. The maximum absolute atomic E-state index is 5.64. The second-order valence-electron chi connectivity index (χ2n) is 2.76. The second kappa shape index (κ2) is 3.83. The normalized spacial score (nSPS) is 13.4. The van der Waals surface area contributed by atoms with Crippen LogP contribution in [0.25, 0.3) is 0 Å². The van der Waals surface area contributed by atoms with Gasteiger partial charge in [-0.2, -0.15) is 0 Å².